The second kappa shape index (κ2) is 5.48. The normalized spacial score (nSPS) is 10.6. The van der Waals surface area contributed by atoms with Crippen LogP contribution in [0.15, 0.2) is 47.1 Å². The molecular formula is C14H12N4O2. The number of hydrogen-bond acceptors (Lipinski definition) is 5. The van der Waals surface area contributed by atoms with Crippen LogP contribution in [0.2, 0.25) is 0 Å². The Bertz CT molecular complexity index is 725. The number of para-hydroxylation sites is 1. The summed E-state index contributed by atoms with van der Waals surface area (Å²) in [6.45, 7) is 0.461. The highest BCUT2D eigenvalue weighted by molar-refractivity contribution is 5.91. The van der Waals surface area contributed by atoms with Gasteiger partial charge < -0.3 is 9.73 Å². The van der Waals surface area contributed by atoms with Gasteiger partial charge in [0.25, 0.3) is 5.91 Å². The third-order valence-corrected chi connectivity index (χ3v) is 2.80. The zero-order valence-corrected chi connectivity index (χ0v) is 10.6. The quantitative estimate of drug-likeness (QED) is 0.777. The third-order valence-electron chi connectivity index (χ3n) is 2.80. The lowest BCUT2D eigenvalue weighted by molar-refractivity contribution is 0.0942. The van der Waals surface area contributed by atoms with E-state index in [0.717, 1.165) is 5.76 Å². The Morgan fingerprint density at radius 3 is 2.75 bits per heavy atom. The summed E-state index contributed by atoms with van der Waals surface area (Å²) in [5.74, 6) is 0.556. The fourth-order valence-electron chi connectivity index (χ4n) is 1.81. The summed E-state index contributed by atoms with van der Waals surface area (Å²) in [6.07, 6.45) is 2.23. The maximum Gasteiger partial charge on any atom is 0.291 e. The maximum absolute atomic E-state index is 11.9. The number of amides is 1. The van der Waals surface area contributed by atoms with Gasteiger partial charge in [-0.25, -0.2) is 4.98 Å². The molecule has 2 heterocycles. The fourth-order valence-corrected chi connectivity index (χ4v) is 1.81. The molecule has 0 saturated heterocycles. The van der Waals surface area contributed by atoms with E-state index in [4.69, 9.17) is 4.42 Å². The first-order chi connectivity index (χ1) is 9.83. The molecule has 0 aliphatic rings. The average molecular weight is 268 g/mol. The Kier molecular flexibility index (Phi) is 3.36. The van der Waals surface area contributed by atoms with Gasteiger partial charge in [-0.15, -0.1) is 10.2 Å². The van der Waals surface area contributed by atoms with E-state index in [-0.39, 0.29) is 11.7 Å². The Morgan fingerprint density at radius 1 is 1.10 bits per heavy atom. The summed E-state index contributed by atoms with van der Waals surface area (Å²) in [4.78, 5) is 16.1. The molecule has 6 nitrogen and oxygen atoms in total. The topological polar surface area (TPSA) is 80.9 Å². The van der Waals surface area contributed by atoms with Crippen molar-refractivity contribution in [2.45, 2.75) is 6.42 Å². The maximum atomic E-state index is 11.9. The van der Waals surface area contributed by atoms with Crippen LogP contribution < -0.4 is 5.32 Å². The molecule has 0 radical (unpaired) electrons. The Morgan fingerprint density at radius 2 is 1.95 bits per heavy atom. The molecule has 0 saturated carbocycles. The highest BCUT2D eigenvalue weighted by atomic mass is 16.3. The molecule has 3 rings (SSSR count). The molecule has 3 aromatic rings. The Labute approximate surface area is 114 Å². The van der Waals surface area contributed by atoms with Crippen molar-refractivity contribution in [1.29, 1.82) is 0 Å². The lowest BCUT2D eigenvalue weighted by Gasteiger charge is -2.03. The first-order valence-electron chi connectivity index (χ1n) is 6.23. The van der Waals surface area contributed by atoms with Crippen LogP contribution in [-0.4, -0.2) is 27.6 Å². The molecule has 0 bridgehead atoms. The molecule has 2 aromatic heterocycles. The lowest BCUT2D eigenvalue weighted by Crippen LogP contribution is -2.27. The van der Waals surface area contributed by atoms with Crippen molar-refractivity contribution in [3.8, 4) is 0 Å². The zero-order chi connectivity index (χ0) is 13.8. The van der Waals surface area contributed by atoms with E-state index < -0.39 is 0 Å². The summed E-state index contributed by atoms with van der Waals surface area (Å²) >= 11 is 0. The zero-order valence-electron chi connectivity index (χ0n) is 10.6. The van der Waals surface area contributed by atoms with Crippen LogP contribution in [0.1, 0.15) is 16.4 Å². The largest absolute Gasteiger partial charge is 0.469 e. The standard InChI is InChI=1S/C14H12N4O2/c19-14(15-8-7-10-4-3-9-20-10)13-16-11-5-1-2-6-12(11)17-18-13/h1-6,9H,7-8H2,(H,15,19). The minimum atomic E-state index is -0.338. The molecule has 20 heavy (non-hydrogen) atoms. The number of carbonyl (C=O) groups excluding carboxylic acids is 1. The molecule has 0 aliphatic heterocycles. The second-order valence-electron chi connectivity index (χ2n) is 4.21. The van der Waals surface area contributed by atoms with Gasteiger partial charge in [0.15, 0.2) is 0 Å². The molecule has 6 heteroatoms. The Balaban J connectivity index is 1.66. The minimum absolute atomic E-state index is 0.0724. The monoisotopic (exact) mass is 268 g/mol. The first kappa shape index (κ1) is 12.3. The van der Waals surface area contributed by atoms with Gasteiger partial charge in [-0.1, -0.05) is 12.1 Å². The summed E-state index contributed by atoms with van der Waals surface area (Å²) in [5.41, 5.74) is 1.32. The van der Waals surface area contributed by atoms with Crippen molar-refractivity contribution in [2.75, 3.05) is 6.54 Å². The van der Waals surface area contributed by atoms with Gasteiger partial charge >= 0.3 is 0 Å². The molecule has 1 N–H and O–H groups in total. The van der Waals surface area contributed by atoms with Crippen LogP contribution in [0.25, 0.3) is 11.0 Å². The molecule has 0 aliphatic carbocycles. The predicted octanol–water partition coefficient (Wildman–Crippen LogP) is 1.59. The molecular weight excluding hydrogens is 256 g/mol. The number of furan rings is 1. The first-order valence-corrected chi connectivity index (χ1v) is 6.23. The number of aromatic nitrogens is 3. The summed E-state index contributed by atoms with van der Waals surface area (Å²) in [6, 6.07) is 11.0. The summed E-state index contributed by atoms with van der Waals surface area (Å²) in [5, 5.41) is 10.5. The SMILES string of the molecule is O=C(NCCc1ccco1)c1nnc2ccccc2n1. The van der Waals surface area contributed by atoms with E-state index in [0.29, 0.717) is 24.0 Å². The van der Waals surface area contributed by atoms with Crippen LogP contribution in [0.5, 0.6) is 0 Å². The predicted molar refractivity (Wildman–Crippen MR) is 72.1 cm³/mol. The molecule has 0 fully saturated rings. The number of nitrogens with one attached hydrogen (secondary N) is 1. The van der Waals surface area contributed by atoms with Crippen LogP contribution >= 0.6 is 0 Å². The highest BCUT2D eigenvalue weighted by Gasteiger charge is 2.10. The number of fused-ring (bicyclic) bond motifs is 1. The molecule has 1 amide bonds. The van der Waals surface area contributed by atoms with Crippen LogP contribution in [-0.2, 0) is 6.42 Å². The molecule has 1 aromatic carbocycles. The number of carbonyl (C=O) groups is 1. The van der Waals surface area contributed by atoms with Crippen molar-refractivity contribution in [1.82, 2.24) is 20.5 Å². The second-order valence-corrected chi connectivity index (χ2v) is 4.21. The van der Waals surface area contributed by atoms with Gasteiger partial charge in [0.2, 0.25) is 5.82 Å². The number of hydrogen-bond donors (Lipinski definition) is 1. The summed E-state index contributed by atoms with van der Waals surface area (Å²) in [7, 11) is 0. The van der Waals surface area contributed by atoms with Crippen molar-refractivity contribution < 1.29 is 9.21 Å². The van der Waals surface area contributed by atoms with Gasteiger partial charge in [0.1, 0.15) is 11.3 Å². The molecule has 0 spiro atoms. The Hall–Kier alpha value is -2.76. The van der Waals surface area contributed by atoms with Crippen molar-refractivity contribution >= 4 is 16.9 Å². The van der Waals surface area contributed by atoms with Crippen LogP contribution in [0.4, 0.5) is 0 Å². The van der Waals surface area contributed by atoms with Gasteiger partial charge in [-0.05, 0) is 24.3 Å². The molecule has 100 valence electrons. The smallest absolute Gasteiger partial charge is 0.291 e. The van der Waals surface area contributed by atoms with Crippen molar-refractivity contribution in [2.24, 2.45) is 0 Å². The van der Waals surface area contributed by atoms with Crippen LogP contribution in [0, 0.1) is 0 Å². The lowest BCUT2D eigenvalue weighted by atomic mass is 10.3. The van der Waals surface area contributed by atoms with Gasteiger partial charge in [-0.2, -0.15) is 0 Å². The van der Waals surface area contributed by atoms with Gasteiger partial charge in [0, 0.05) is 13.0 Å². The minimum Gasteiger partial charge on any atom is -0.469 e. The number of nitrogens with zero attached hydrogens (tertiary/aromatic N) is 3. The summed E-state index contributed by atoms with van der Waals surface area (Å²) < 4.78 is 5.18. The number of rotatable bonds is 4. The van der Waals surface area contributed by atoms with E-state index in [1.165, 1.54) is 0 Å². The van der Waals surface area contributed by atoms with Gasteiger partial charge in [0.05, 0.1) is 11.8 Å². The van der Waals surface area contributed by atoms with E-state index >= 15 is 0 Å². The average Bonchev–Trinajstić information content (AvgIpc) is 3.00. The van der Waals surface area contributed by atoms with Crippen LogP contribution in [0.3, 0.4) is 0 Å². The van der Waals surface area contributed by atoms with Gasteiger partial charge in [-0.3, -0.25) is 4.79 Å². The van der Waals surface area contributed by atoms with E-state index in [1.807, 2.05) is 24.3 Å². The molecule has 0 atom stereocenters. The molecule has 0 unspecified atom stereocenters. The van der Waals surface area contributed by atoms with E-state index in [1.54, 1.807) is 18.4 Å². The van der Waals surface area contributed by atoms with E-state index in [9.17, 15) is 4.79 Å². The van der Waals surface area contributed by atoms with E-state index in [2.05, 4.69) is 20.5 Å². The highest BCUT2D eigenvalue weighted by Crippen LogP contribution is 2.06. The fraction of sp³-hybridized carbons (Fsp3) is 0.143. The van der Waals surface area contributed by atoms with Crippen molar-refractivity contribution in [3.63, 3.8) is 0 Å². The number of benzene rings is 1. The van der Waals surface area contributed by atoms with Crippen molar-refractivity contribution in [3.05, 3.63) is 54.2 Å². The third kappa shape index (κ3) is 2.64.